The molecule has 9 nitrogen and oxygen atoms in total. The number of anilines is 1. The molecule has 0 radical (unpaired) electrons. The first-order valence-electron chi connectivity index (χ1n) is 11.4. The maximum absolute atomic E-state index is 12.8. The molecule has 2 aromatic rings. The summed E-state index contributed by atoms with van der Waals surface area (Å²) in [6, 6.07) is 5.31. The van der Waals surface area contributed by atoms with Gasteiger partial charge in [-0.1, -0.05) is 11.8 Å². The van der Waals surface area contributed by atoms with Crippen molar-refractivity contribution in [2.24, 2.45) is 0 Å². The highest BCUT2D eigenvalue weighted by Gasteiger charge is 2.23. The summed E-state index contributed by atoms with van der Waals surface area (Å²) in [4.78, 5) is 32.0. The van der Waals surface area contributed by atoms with Crippen LogP contribution in [0.2, 0.25) is 0 Å². The minimum atomic E-state index is -0.212. The molecule has 0 saturated carbocycles. The van der Waals surface area contributed by atoms with E-state index in [2.05, 4.69) is 15.2 Å². The van der Waals surface area contributed by atoms with Gasteiger partial charge in [0.2, 0.25) is 12.7 Å². The molecule has 5 rings (SSSR count). The molecule has 3 heterocycles. The number of carbonyl (C=O) groups excluding carboxylic acids is 1. The van der Waals surface area contributed by atoms with Gasteiger partial charge in [0.25, 0.3) is 0 Å². The molecular formula is C23H28N4O5S. The van der Waals surface area contributed by atoms with Crippen molar-refractivity contribution >= 4 is 23.4 Å². The Morgan fingerprint density at radius 2 is 1.97 bits per heavy atom. The zero-order valence-corrected chi connectivity index (χ0v) is 19.3. The van der Waals surface area contributed by atoms with E-state index in [0.29, 0.717) is 28.8 Å². The molecular weight excluding hydrogens is 444 g/mol. The minimum Gasteiger partial charge on any atom is -0.454 e. The van der Waals surface area contributed by atoms with E-state index in [-0.39, 0.29) is 24.1 Å². The molecule has 1 fully saturated rings. The van der Waals surface area contributed by atoms with Gasteiger partial charge in [-0.3, -0.25) is 14.3 Å². The Hall–Kier alpha value is -2.56. The SMILES string of the molecule is O=C(CSc1nc(=O)n(CCCN2CCOCC2)c2c1CCC2)Nc1ccc2c(c1)OCO2. The third-order valence-corrected chi connectivity index (χ3v) is 7.17. The number of carbonyl (C=O) groups is 1. The molecule has 1 aromatic heterocycles. The quantitative estimate of drug-likeness (QED) is 0.460. The number of hydrogen-bond acceptors (Lipinski definition) is 8. The normalized spacial score (nSPS) is 17.2. The summed E-state index contributed by atoms with van der Waals surface area (Å²) in [6.07, 6.45) is 3.72. The maximum atomic E-state index is 12.8. The van der Waals surface area contributed by atoms with Gasteiger partial charge in [0.05, 0.1) is 19.0 Å². The van der Waals surface area contributed by atoms with Gasteiger partial charge in [-0.05, 0) is 37.8 Å². The van der Waals surface area contributed by atoms with Crippen LogP contribution in [0.5, 0.6) is 11.5 Å². The summed E-state index contributed by atoms with van der Waals surface area (Å²) >= 11 is 1.33. The summed E-state index contributed by atoms with van der Waals surface area (Å²) in [5, 5.41) is 3.57. The zero-order chi connectivity index (χ0) is 22.6. The van der Waals surface area contributed by atoms with Crippen molar-refractivity contribution in [1.29, 1.82) is 0 Å². The highest BCUT2D eigenvalue weighted by Crippen LogP contribution is 2.34. The van der Waals surface area contributed by atoms with Crippen molar-refractivity contribution < 1.29 is 19.0 Å². The lowest BCUT2D eigenvalue weighted by Crippen LogP contribution is -2.37. The van der Waals surface area contributed by atoms with Crippen LogP contribution in [-0.2, 0) is 28.9 Å². The summed E-state index contributed by atoms with van der Waals surface area (Å²) in [5.41, 5.74) is 2.66. The largest absolute Gasteiger partial charge is 0.454 e. The number of fused-ring (bicyclic) bond motifs is 2. The lowest BCUT2D eigenvalue weighted by Gasteiger charge is -2.26. The predicted octanol–water partition coefficient (Wildman–Crippen LogP) is 1.91. The molecule has 0 bridgehead atoms. The predicted molar refractivity (Wildman–Crippen MR) is 124 cm³/mol. The van der Waals surface area contributed by atoms with E-state index in [1.54, 1.807) is 18.2 Å². The Bertz CT molecular complexity index is 1080. The van der Waals surface area contributed by atoms with Crippen LogP contribution < -0.4 is 20.5 Å². The number of rotatable bonds is 8. The molecule has 10 heteroatoms. The number of aromatic nitrogens is 2. The zero-order valence-electron chi connectivity index (χ0n) is 18.5. The highest BCUT2D eigenvalue weighted by atomic mass is 32.2. The first-order chi connectivity index (χ1) is 16.2. The van der Waals surface area contributed by atoms with Crippen molar-refractivity contribution in [2.45, 2.75) is 37.3 Å². The first-order valence-corrected chi connectivity index (χ1v) is 12.4. The monoisotopic (exact) mass is 472 g/mol. The molecule has 2 aliphatic heterocycles. The number of nitrogens with one attached hydrogen (secondary N) is 1. The molecule has 0 spiro atoms. The van der Waals surface area contributed by atoms with Gasteiger partial charge in [0.1, 0.15) is 5.03 Å². The second kappa shape index (κ2) is 10.1. The summed E-state index contributed by atoms with van der Waals surface area (Å²) < 4.78 is 17.9. The van der Waals surface area contributed by atoms with Gasteiger partial charge in [-0.15, -0.1) is 0 Å². The average molecular weight is 473 g/mol. The molecule has 33 heavy (non-hydrogen) atoms. The number of thioether (sulfide) groups is 1. The lowest BCUT2D eigenvalue weighted by molar-refractivity contribution is -0.113. The molecule has 0 unspecified atom stereocenters. The molecule has 1 aliphatic carbocycles. The van der Waals surface area contributed by atoms with Gasteiger partial charge in [0.15, 0.2) is 11.5 Å². The molecule has 1 amide bonds. The Balaban J connectivity index is 1.20. The van der Waals surface area contributed by atoms with Crippen LogP contribution in [0.4, 0.5) is 5.69 Å². The van der Waals surface area contributed by atoms with Gasteiger partial charge >= 0.3 is 5.69 Å². The fraction of sp³-hybridized carbons (Fsp3) is 0.522. The van der Waals surface area contributed by atoms with Crippen LogP contribution in [-0.4, -0.2) is 65.8 Å². The van der Waals surface area contributed by atoms with Crippen LogP contribution in [0.25, 0.3) is 0 Å². The van der Waals surface area contributed by atoms with Crippen LogP contribution in [0.3, 0.4) is 0 Å². The second-order valence-electron chi connectivity index (χ2n) is 8.34. The van der Waals surface area contributed by atoms with E-state index < -0.39 is 0 Å². The molecule has 1 saturated heterocycles. The fourth-order valence-electron chi connectivity index (χ4n) is 4.52. The molecule has 0 atom stereocenters. The van der Waals surface area contributed by atoms with Crippen LogP contribution in [0, 0.1) is 0 Å². The Morgan fingerprint density at radius 1 is 1.12 bits per heavy atom. The minimum absolute atomic E-state index is 0.151. The first kappa shape index (κ1) is 22.2. The second-order valence-corrected chi connectivity index (χ2v) is 9.31. The standard InChI is InChI=1S/C23H28N4O5S/c28-21(24-16-5-6-19-20(13-16)32-15-31-19)14-33-22-17-3-1-4-18(17)27(23(29)25-22)8-2-7-26-9-11-30-12-10-26/h5-6,13H,1-4,7-12,14-15H2,(H,24,28). The van der Waals surface area contributed by atoms with Crippen LogP contribution in [0.15, 0.2) is 28.0 Å². The van der Waals surface area contributed by atoms with Gasteiger partial charge < -0.3 is 19.5 Å². The van der Waals surface area contributed by atoms with E-state index in [0.717, 1.165) is 69.8 Å². The summed E-state index contributed by atoms with van der Waals surface area (Å²) in [5.74, 6) is 1.33. The van der Waals surface area contributed by atoms with E-state index in [1.165, 1.54) is 11.8 Å². The highest BCUT2D eigenvalue weighted by molar-refractivity contribution is 8.00. The Morgan fingerprint density at radius 3 is 2.85 bits per heavy atom. The van der Waals surface area contributed by atoms with Gasteiger partial charge in [-0.2, -0.15) is 4.98 Å². The molecule has 1 aromatic carbocycles. The van der Waals surface area contributed by atoms with Crippen molar-refractivity contribution in [3.63, 3.8) is 0 Å². The number of nitrogens with zero attached hydrogens (tertiary/aromatic N) is 3. The molecule has 1 N–H and O–H groups in total. The van der Waals surface area contributed by atoms with Crippen molar-refractivity contribution in [2.75, 3.05) is 50.7 Å². The number of hydrogen-bond donors (Lipinski definition) is 1. The summed E-state index contributed by atoms with van der Waals surface area (Å²) in [6.45, 7) is 5.31. The third-order valence-electron chi connectivity index (χ3n) is 6.16. The molecule has 176 valence electrons. The topological polar surface area (TPSA) is 94.9 Å². The Kier molecular flexibility index (Phi) is 6.84. The molecule has 3 aliphatic rings. The number of benzene rings is 1. The lowest BCUT2D eigenvalue weighted by atomic mass is 10.2. The fourth-order valence-corrected chi connectivity index (χ4v) is 5.40. The number of amides is 1. The van der Waals surface area contributed by atoms with Crippen molar-refractivity contribution in [3.8, 4) is 11.5 Å². The van der Waals surface area contributed by atoms with E-state index >= 15 is 0 Å². The van der Waals surface area contributed by atoms with Crippen LogP contribution >= 0.6 is 11.8 Å². The summed E-state index contributed by atoms with van der Waals surface area (Å²) in [7, 11) is 0. The average Bonchev–Trinajstić information content (AvgIpc) is 3.49. The van der Waals surface area contributed by atoms with E-state index in [1.807, 2.05) is 4.57 Å². The third kappa shape index (κ3) is 5.18. The number of ether oxygens (including phenoxy) is 3. The number of morpholine rings is 1. The van der Waals surface area contributed by atoms with Gasteiger partial charge in [0, 0.05) is 49.2 Å². The van der Waals surface area contributed by atoms with Crippen molar-refractivity contribution in [1.82, 2.24) is 14.5 Å². The van der Waals surface area contributed by atoms with E-state index in [4.69, 9.17) is 14.2 Å². The van der Waals surface area contributed by atoms with Crippen molar-refractivity contribution in [3.05, 3.63) is 39.9 Å². The maximum Gasteiger partial charge on any atom is 0.348 e. The smallest absolute Gasteiger partial charge is 0.348 e. The van der Waals surface area contributed by atoms with E-state index in [9.17, 15) is 9.59 Å². The Labute approximate surface area is 196 Å². The van der Waals surface area contributed by atoms with Crippen LogP contribution in [0.1, 0.15) is 24.1 Å². The van der Waals surface area contributed by atoms with Gasteiger partial charge in [-0.25, -0.2) is 4.79 Å².